The standard InChI is InChI=1S/C11H13NO3/c12-5-1-2-8-9(13)3-4-10-11(8)15-7-6-14-10/h1-4,13H,5-7,12H2/b2-1+. The van der Waals surface area contributed by atoms with E-state index in [1.165, 1.54) is 0 Å². The summed E-state index contributed by atoms with van der Waals surface area (Å²) in [7, 11) is 0. The van der Waals surface area contributed by atoms with E-state index in [1.54, 1.807) is 24.3 Å². The van der Waals surface area contributed by atoms with E-state index >= 15 is 0 Å². The van der Waals surface area contributed by atoms with Gasteiger partial charge in [-0.1, -0.05) is 12.2 Å². The van der Waals surface area contributed by atoms with Gasteiger partial charge in [0.25, 0.3) is 0 Å². The van der Waals surface area contributed by atoms with Crippen molar-refractivity contribution in [3.63, 3.8) is 0 Å². The molecule has 0 saturated carbocycles. The number of aromatic hydroxyl groups is 1. The second-order valence-electron chi connectivity index (χ2n) is 3.16. The summed E-state index contributed by atoms with van der Waals surface area (Å²) >= 11 is 0. The maximum absolute atomic E-state index is 9.67. The summed E-state index contributed by atoms with van der Waals surface area (Å²) in [6.45, 7) is 1.46. The first-order valence-electron chi connectivity index (χ1n) is 4.81. The monoisotopic (exact) mass is 207 g/mol. The van der Waals surface area contributed by atoms with E-state index in [9.17, 15) is 5.11 Å². The van der Waals surface area contributed by atoms with E-state index in [2.05, 4.69) is 0 Å². The second-order valence-corrected chi connectivity index (χ2v) is 3.16. The van der Waals surface area contributed by atoms with Crippen LogP contribution in [-0.2, 0) is 0 Å². The van der Waals surface area contributed by atoms with Gasteiger partial charge in [0.2, 0.25) is 0 Å². The Labute approximate surface area is 87.9 Å². The van der Waals surface area contributed by atoms with Crippen LogP contribution in [0, 0.1) is 0 Å². The number of phenols is 1. The lowest BCUT2D eigenvalue weighted by Crippen LogP contribution is -2.16. The van der Waals surface area contributed by atoms with Gasteiger partial charge in [-0.25, -0.2) is 0 Å². The maximum Gasteiger partial charge on any atom is 0.172 e. The van der Waals surface area contributed by atoms with Crippen LogP contribution >= 0.6 is 0 Å². The van der Waals surface area contributed by atoms with Crippen molar-refractivity contribution in [3.8, 4) is 17.2 Å². The van der Waals surface area contributed by atoms with Crippen LogP contribution in [-0.4, -0.2) is 24.9 Å². The number of hydrogen-bond acceptors (Lipinski definition) is 4. The number of phenolic OH excluding ortho intramolecular Hbond substituents is 1. The Morgan fingerprint density at radius 3 is 2.93 bits per heavy atom. The van der Waals surface area contributed by atoms with Gasteiger partial charge in [-0.2, -0.15) is 0 Å². The molecule has 1 heterocycles. The lowest BCUT2D eigenvalue weighted by molar-refractivity contribution is 0.170. The fraction of sp³-hybridized carbons (Fsp3) is 0.273. The first-order chi connectivity index (χ1) is 7.33. The molecule has 0 aromatic heterocycles. The molecular formula is C11H13NO3. The summed E-state index contributed by atoms with van der Waals surface area (Å²) in [6.07, 6.45) is 3.50. The average Bonchev–Trinajstić information content (AvgIpc) is 2.28. The Morgan fingerprint density at radius 2 is 2.13 bits per heavy atom. The van der Waals surface area contributed by atoms with Gasteiger partial charge in [0.15, 0.2) is 11.5 Å². The van der Waals surface area contributed by atoms with Gasteiger partial charge in [-0.15, -0.1) is 0 Å². The second kappa shape index (κ2) is 4.23. The molecule has 80 valence electrons. The molecular weight excluding hydrogens is 194 g/mol. The molecule has 1 aliphatic rings. The summed E-state index contributed by atoms with van der Waals surface area (Å²) in [6, 6.07) is 3.29. The van der Waals surface area contributed by atoms with Crippen LogP contribution in [0.25, 0.3) is 6.08 Å². The minimum Gasteiger partial charge on any atom is -0.507 e. The van der Waals surface area contributed by atoms with Gasteiger partial charge in [0.05, 0.1) is 5.56 Å². The lowest BCUT2D eigenvalue weighted by Gasteiger charge is -2.20. The lowest BCUT2D eigenvalue weighted by atomic mass is 10.1. The molecule has 15 heavy (non-hydrogen) atoms. The zero-order valence-electron chi connectivity index (χ0n) is 8.27. The Kier molecular flexibility index (Phi) is 2.78. The normalized spacial score (nSPS) is 14.5. The zero-order chi connectivity index (χ0) is 10.7. The molecule has 0 amide bonds. The van der Waals surface area contributed by atoms with E-state index < -0.39 is 0 Å². The highest BCUT2D eigenvalue weighted by molar-refractivity contribution is 5.68. The molecule has 0 spiro atoms. The molecule has 0 saturated heterocycles. The third-order valence-corrected chi connectivity index (χ3v) is 2.14. The molecule has 0 unspecified atom stereocenters. The maximum atomic E-state index is 9.67. The molecule has 3 N–H and O–H groups in total. The van der Waals surface area contributed by atoms with Crippen LogP contribution in [0.15, 0.2) is 18.2 Å². The van der Waals surface area contributed by atoms with Crippen molar-refractivity contribution in [2.75, 3.05) is 19.8 Å². The molecule has 1 aromatic carbocycles. The largest absolute Gasteiger partial charge is 0.507 e. The van der Waals surface area contributed by atoms with Crippen molar-refractivity contribution in [2.45, 2.75) is 0 Å². The van der Waals surface area contributed by atoms with E-state index in [0.717, 1.165) is 0 Å². The molecule has 0 atom stereocenters. The van der Waals surface area contributed by atoms with Crippen molar-refractivity contribution < 1.29 is 14.6 Å². The topological polar surface area (TPSA) is 64.7 Å². The number of ether oxygens (including phenoxy) is 2. The van der Waals surface area contributed by atoms with Crippen molar-refractivity contribution >= 4 is 6.08 Å². The quantitative estimate of drug-likeness (QED) is 0.763. The summed E-state index contributed by atoms with van der Waals surface area (Å²) in [4.78, 5) is 0. The van der Waals surface area contributed by atoms with Crippen molar-refractivity contribution in [1.82, 2.24) is 0 Å². The Bertz CT molecular complexity index is 388. The SMILES string of the molecule is NC/C=C/c1c(O)ccc2c1OCCO2. The number of nitrogens with two attached hydrogens (primary N) is 1. The molecule has 4 heteroatoms. The van der Waals surface area contributed by atoms with E-state index in [0.29, 0.717) is 36.8 Å². The van der Waals surface area contributed by atoms with Crippen molar-refractivity contribution in [3.05, 3.63) is 23.8 Å². The highest BCUT2D eigenvalue weighted by Gasteiger charge is 2.17. The fourth-order valence-corrected chi connectivity index (χ4v) is 1.47. The molecule has 2 rings (SSSR count). The predicted molar refractivity (Wildman–Crippen MR) is 57.2 cm³/mol. The van der Waals surface area contributed by atoms with Crippen LogP contribution in [0.4, 0.5) is 0 Å². The van der Waals surface area contributed by atoms with Crippen LogP contribution in [0.3, 0.4) is 0 Å². The molecule has 4 nitrogen and oxygen atoms in total. The molecule has 1 aliphatic heterocycles. The number of benzene rings is 1. The third kappa shape index (κ3) is 1.89. The van der Waals surface area contributed by atoms with Gasteiger partial charge in [-0.3, -0.25) is 0 Å². The van der Waals surface area contributed by atoms with E-state index in [1.807, 2.05) is 0 Å². The summed E-state index contributed by atoms with van der Waals surface area (Å²) in [5.74, 6) is 1.42. The van der Waals surface area contributed by atoms with Gasteiger partial charge < -0.3 is 20.3 Å². The van der Waals surface area contributed by atoms with Gasteiger partial charge in [-0.05, 0) is 12.1 Å². The molecule has 1 aromatic rings. The Morgan fingerprint density at radius 1 is 1.33 bits per heavy atom. The molecule has 0 aliphatic carbocycles. The molecule has 0 radical (unpaired) electrons. The first-order valence-corrected chi connectivity index (χ1v) is 4.81. The summed E-state index contributed by atoms with van der Waals surface area (Å²) < 4.78 is 10.9. The van der Waals surface area contributed by atoms with Crippen LogP contribution in [0.5, 0.6) is 17.2 Å². The minimum absolute atomic E-state index is 0.170. The van der Waals surface area contributed by atoms with Crippen LogP contribution in [0.2, 0.25) is 0 Å². The van der Waals surface area contributed by atoms with E-state index in [4.69, 9.17) is 15.2 Å². The first kappa shape index (κ1) is 9.86. The molecule has 0 fully saturated rings. The van der Waals surface area contributed by atoms with Gasteiger partial charge >= 0.3 is 0 Å². The van der Waals surface area contributed by atoms with Crippen LogP contribution in [0.1, 0.15) is 5.56 Å². The van der Waals surface area contributed by atoms with Gasteiger partial charge in [0, 0.05) is 6.54 Å². The predicted octanol–water partition coefficient (Wildman–Crippen LogP) is 1.14. The highest BCUT2D eigenvalue weighted by Crippen LogP contribution is 2.39. The number of fused-ring (bicyclic) bond motifs is 1. The van der Waals surface area contributed by atoms with Crippen LogP contribution < -0.4 is 15.2 Å². The third-order valence-electron chi connectivity index (χ3n) is 2.14. The smallest absolute Gasteiger partial charge is 0.172 e. The fourth-order valence-electron chi connectivity index (χ4n) is 1.47. The Balaban J connectivity index is 2.45. The minimum atomic E-state index is 0.170. The molecule has 0 bridgehead atoms. The number of hydrogen-bond donors (Lipinski definition) is 2. The Hall–Kier alpha value is -1.68. The van der Waals surface area contributed by atoms with E-state index in [-0.39, 0.29) is 5.75 Å². The summed E-state index contributed by atoms with van der Waals surface area (Å²) in [5.41, 5.74) is 5.98. The van der Waals surface area contributed by atoms with Crippen molar-refractivity contribution in [2.24, 2.45) is 5.73 Å². The van der Waals surface area contributed by atoms with Crippen molar-refractivity contribution in [1.29, 1.82) is 0 Å². The summed E-state index contributed by atoms with van der Waals surface area (Å²) in [5, 5.41) is 9.67. The van der Waals surface area contributed by atoms with Gasteiger partial charge in [0.1, 0.15) is 19.0 Å². The highest BCUT2D eigenvalue weighted by atomic mass is 16.6. The average molecular weight is 207 g/mol. The number of rotatable bonds is 2. The zero-order valence-corrected chi connectivity index (χ0v) is 8.27.